The van der Waals surface area contributed by atoms with Gasteiger partial charge in [0, 0.05) is 6.42 Å². The summed E-state index contributed by atoms with van der Waals surface area (Å²) in [6, 6.07) is 5.51. The van der Waals surface area contributed by atoms with Gasteiger partial charge in [-0.1, -0.05) is 47.8 Å². The molecular formula is C13H10Cl3IN2. The minimum Gasteiger partial charge on any atom is -0.236 e. The van der Waals surface area contributed by atoms with E-state index in [2.05, 4.69) is 32.6 Å². The van der Waals surface area contributed by atoms with E-state index in [-0.39, 0.29) is 0 Å². The predicted molar refractivity (Wildman–Crippen MR) is 88.4 cm³/mol. The maximum atomic E-state index is 6.11. The van der Waals surface area contributed by atoms with Gasteiger partial charge < -0.3 is 0 Å². The summed E-state index contributed by atoms with van der Waals surface area (Å²) in [6.07, 6.45) is 1.41. The Kier molecular flexibility index (Phi) is 5.29. The van der Waals surface area contributed by atoms with Gasteiger partial charge in [0.1, 0.15) is 11.0 Å². The van der Waals surface area contributed by atoms with Crippen LogP contribution in [-0.4, -0.2) is 9.97 Å². The van der Waals surface area contributed by atoms with Crippen molar-refractivity contribution in [2.45, 2.75) is 19.8 Å². The smallest absolute Gasteiger partial charge is 0.146 e. The Bertz CT molecular complexity index is 617. The average Bonchev–Trinajstić information content (AvgIpc) is 2.38. The molecule has 0 N–H and O–H groups in total. The predicted octanol–water partition coefficient (Wildman–Crippen LogP) is 5.19. The molecule has 19 heavy (non-hydrogen) atoms. The Balaban J connectivity index is 2.32. The van der Waals surface area contributed by atoms with Crippen LogP contribution in [0.25, 0.3) is 0 Å². The molecule has 0 bridgehead atoms. The lowest BCUT2D eigenvalue weighted by Crippen LogP contribution is -2.03. The molecule has 0 atom stereocenters. The normalized spacial score (nSPS) is 10.8. The van der Waals surface area contributed by atoms with E-state index in [0.717, 1.165) is 21.2 Å². The Morgan fingerprint density at radius 3 is 2.47 bits per heavy atom. The van der Waals surface area contributed by atoms with Crippen LogP contribution in [0, 0.1) is 3.57 Å². The zero-order chi connectivity index (χ0) is 14.0. The van der Waals surface area contributed by atoms with Crippen molar-refractivity contribution in [1.82, 2.24) is 9.97 Å². The summed E-state index contributed by atoms with van der Waals surface area (Å²) in [7, 11) is 0. The van der Waals surface area contributed by atoms with Crippen molar-refractivity contribution >= 4 is 57.4 Å². The van der Waals surface area contributed by atoms with Gasteiger partial charge >= 0.3 is 0 Å². The van der Waals surface area contributed by atoms with Crippen LogP contribution < -0.4 is 0 Å². The van der Waals surface area contributed by atoms with Crippen molar-refractivity contribution in [2.75, 3.05) is 0 Å². The van der Waals surface area contributed by atoms with Crippen molar-refractivity contribution in [3.05, 3.63) is 54.0 Å². The van der Waals surface area contributed by atoms with E-state index in [1.54, 1.807) is 6.07 Å². The van der Waals surface area contributed by atoms with Crippen molar-refractivity contribution in [3.63, 3.8) is 0 Å². The van der Waals surface area contributed by atoms with Gasteiger partial charge in [-0.05, 0) is 46.7 Å². The fourth-order valence-electron chi connectivity index (χ4n) is 1.66. The monoisotopic (exact) mass is 426 g/mol. The van der Waals surface area contributed by atoms with Gasteiger partial charge in [-0.25, -0.2) is 9.97 Å². The molecular weight excluding hydrogens is 417 g/mol. The molecule has 0 aliphatic heterocycles. The van der Waals surface area contributed by atoms with Crippen LogP contribution in [0.1, 0.15) is 24.0 Å². The average molecular weight is 428 g/mol. The second-order valence-electron chi connectivity index (χ2n) is 3.97. The van der Waals surface area contributed by atoms with E-state index < -0.39 is 0 Å². The summed E-state index contributed by atoms with van der Waals surface area (Å²) >= 11 is 20.2. The van der Waals surface area contributed by atoms with Crippen LogP contribution in [0.5, 0.6) is 0 Å². The highest BCUT2D eigenvalue weighted by Crippen LogP contribution is 2.24. The second-order valence-corrected chi connectivity index (χ2v) is 6.22. The molecule has 1 heterocycles. The fourth-order valence-corrected chi connectivity index (χ4v) is 2.81. The fraction of sp³-hybridized carbons (Fsp3) is 0.231. The van der Waals surface area contributed by atoms with Crippen LogP contribution in [0.2, 0.25) is 15.2 Å². The standard InChI is InChI=1S/C13H10Cl3IN2/c1-2-10-12(17)13(16)19-11(18-10)6-7-3-4-8(14)9(15)5-7/h3-5H,2,6H2,1H3. The number of benzene rings is 1. The van der Waals surface area contributed by atoms with Crippen molar-refractivity contribution in [3.8, 4) is 0 Å². The zero-order valence-electron chi connectivity index (χ0n) is 10.1. The summed E-state index contributed by atoms with van der Waals surface area (Å²) in [6.45, 7) is 2.05. The van der Waals surface area contributed by atoms with Gasteiger partial charge in [-0.15, -0.1) is 0 Å². The molecule has 0 saturated carbocycles. The summed E-state index contributed by atoms with van der Waals surface area (Å²) in [5.74, 6) is 0.695. The molecule has 0 spiro atoms. The minimum atomic E-state index is 0.502. The van der Waals surface area contributed by atoms with Gasteiger partial charge in [0.25, 0.3) is 0 Å². The highest BCUT2D eigenvalue weighted by atomic mass is 127. The van der Waals surface area contributed by atoms with E-state index in [4.69, 9.17) is 34.8 Å². The van der Waals surface area contributed by atoms with Crippen LogP contribution in [-0.2, 0) is 12.8 Å². The molecule has 0 aliphatic rings. The van der Waals surface area contributed by atoms with E-state index in [0.29, 0.717) is 27.4 Å². The van der Waals surface area contributed by atoms with Crippen LogP contribution in [0.4, 0.5) is 0 Å². The maximum absolute atomic E-state index is 6.11. The highest BCUT2D eigenvalue weighted by Gasteiger charge is 2.10. The van der Waals surface area contributed by atoms with Crippen LogP contribution >= 0.6 is 57.4 Å². The largest absolute Gasteiger partial charge is 0.236 e. The number of halogens is 4. The van der Waals surface area contributed by atoms with Gasteiger partial charge in [0.05, 0.1) is 19.3 Å². The van der Waals surface area contributed by atoms with Crippen molar-refractivity contribution in [2.24, 2.45) is 0 Å². The molecule has 100 valence electrons. The quantitative estimate of drug-likeness (QED) is 0.497. The third-order valence-electron chi connectivity index (χ3n) is 2.61. The topological polar surface area (TPSA) is 25.8 Å². The third kappa shape index (κ3) is 3.72. The summed E-state index contributed by atoms with van der Waals surface area (Å²) in [4.78, 5) is 8.82. The van der Waals surface area contributed by atoms with E-state index in [1.165, 1.54) is 0 Å². The van der Waals surface area contributed by atoms with Crippen LogP contribution in [0.3, 0.4) is 0 Å². The SMILES string of the molecule is CCc1nc(Cc2ccc(Cl)c(Cl)c2)nc(Cl)c1I. The van der Waals surface area contributed by atoms with Gasteiger partial charge in [0.2, 0.25) is 0 Å². The summed E-state index contributed by atoms with van der Waals surface area (Å²) in [5.41, 5.74) is 1.98. The van der Waals surface area contributed by atoms with E-state index in [9.17, 15) is 0 Å². The first-order valence-corrected chi connectivity index (χ1v) is 7.87. The maximum Gasteiger partial charge on any atom is 0.146 e. The molecule has 2 rings (SSSR count). The van der Waals surface area contributed by atoms with Gasteiger partial charge in [-0.2, -0.15) is 0 Å². The van der Waals surface area contributed by atoms with E-state index in [1.807, 2.05) is 19.1 Å². The van der Waals surface area contributed by atoms with Gasteiger partial charge in [0.15, 0.2) is 0 Å². The lowest BCUT2D eigenvalue weighted by atomic mass is 10.1. The molecule has 0 unspecified atom stereocenters. The molecule has 1 aromatic carbocycles. The third-order valence-corrected chi connectivity index (χ3v) is 5.07. The van der Waals surface area contributed by atoms with Crippen molar-refractivity contribution in [1.29, 1.82) is 0 Å². The molecule has 0 saturated heterocycles. The molecule has 0 fully saturated rings. The molecule has 0 radical (unpaired) electrons. The zero-order valence-corrected chi connectivity index (χ0v) is 14.5. The van der Waals surface area contributed by atoms with Crippen LogP contribution in [0.15, 0.2) is 18.2 Å². The number of rotatable bonds is 3. The Hall–Kier alpha value is -0.100. The number of hydrogen-bond acceptors (Lipinski definition) is 2. The highest BCUT2D eigenvalue weighted by molar-refractivity contribution is 14.1. The Morgan fingerprint density at radius 1 is 1.11 bits per heavy atom. The summed E-state index contributed by atoms with van der Waals surface area (Å²) in [5, 5.41) is 1.58. The summed E-state index contributed by atoms with van der Waals surface area (Å²) < 4.78 is 0.916. The van der Waals surface area contributed by atoms with E-state index >= 15 is 0 Å². The Morgan fingerprint density at radius 2 is 1.84 bits per heavy atom. The molecule has 0 aliphatic carbocycles. The number of hydrogen-bond donors (Lipinski definition) is 0. The minimum absolute atomic E-state index is 0.502. The number of nitrogens with zero attached hydrogens (tertiary/aromatic N) is 2. The lowest BCUT2D eigenvalue weighted by molar-refractivity contribution is 0.895. The van der Waals surface area contributed by atoms with Crippen molar-refractivity contribution < 1.29 is 0 Å². The molecule has 1 aromatic heterocycles. The lowest BCUT2D eigenvalue weighted by Gasteiger charge is -2.07. The number of aryl methyl sites for hydroxylation is 1. The molecule has 6 heteroatoms. The first-order valence-electron chi connectivity index (χ1n) is 5.66. The number of aromatic nitrogens is 2. The second kappa shape index (κ2) is 6.57. The molecule has 2 aromatic rings. The first-order chi connectivity index (χ1) is 9.01. The van der Waals surface area contributed by atoms with Gasteiger partial charge in [-0.3, -0.25) is 0 Å². The Labute approximate surface area is 140 Å². The molecule has 2 nitrogen and oxygen atoms in total. The molecule has 0 amide bonds. The first kappa shape index (κ1) is 15.3.